The van der Waals surface area contributed by atoms with Gasteiger partial charge in [-0.25, -0.2) is 0 Å². The maximum absolute atomic E-state index is 11.6. The van der Waals surface area contributed by atoms with E-state index < -0.39 is 0 Å². The molecule has 2 N–H and O–H groups in total. The molecule has 0 spiro atoms. The van der Waals surface area contributed by atoms with Crippen molar-refractivity contribution in [1.29, 1.82) is 0 Å². The average Bonchev–Trinajstić information content (AvgIpc) is 2.35. The van der Waals surface area contributed by atoms with Crippen molar-refractivity contribution >= 4 is 11.7 Å². The number of nitrogen functional groups attached to an aromatic ring is 1. The number of anilines is 1. The van der Waals surface area contributed by atoms with E-state index >= 15 is 0 Å². The van der Waals surface area contributed by atoms with Gasteiger partial charge in [-0.1, -0.05) is 19.1 Å². The summed E-state index contributed by atoms with van der Waals surface area (Å²) in [5.74, 6) is -0.0655. The molecule has 4 heteroatoms. The summed E-state index contributed by atoms with van der Waals surface area (Å²) in [6, 6.07) is 7.56. The lowest BCUT2D eigenvalue weighted by Crippen LogP contribution is -2.12. The lowest BCUT2D eigenvalue weighted by molar-refractivity contribution is -0.145. The van der Waals surface area contributed by atoms with Crippen molar-refractivity contribution in [2.24, 2.45) is 0 Å². The molecule has 0 heterocycles. The summed E-state index contributed by atoms with van der Waals surface area (Å²) in [6.07, 6.45) is 0.371. The molecule has 0 aliphatic carbocycles. The van der Waals surface area contributed by atoms with Crippen LogP contribution in [0.2, 0.25) is 0 Å². The maximum Gasteiger partial charge on any atom is 0.306 e. The SMILES string of the molecule is CCOCCOC(=O)CC(C)c1ccc(N)cc1. The Bertz CT molecular complexity index is 362. The van der Waals surface area contributed by atoms with Gasteiger partial charge < -0.3 is 15.2 Å². The second kappa shape index (κ2) is 7.71. The first-order valence-corrected chi connectivity index (χ1v) is 6.22. The zero-order valence-corrected chi connectivity index (χ0v) is 11.0. The number of nitrogens with two attached hydrogens (primary N) is 1. The summed E-state index contributed by atoms with van der Waals surface area (Å²) in [7, 11) is 0. The summed E-state index contributed by atoms with van der Waals surface area (Å²) in [4.78, 5) is 11.6. The molecule has 0 aromatic heterocycles. The van der Waals surface area contributed by atoms with Crippen LogP contribution < -0.4 is 5.73 Å². The van der Waals surface area contributed by atoms with Crippen molar-refractivity contribution in [3.63, 3.8) is 0 Å². The van der Waals surface area contributed by atoms with Crippen LogP contribution in [0.3, 0.4) is 0 Å². The Morgan fingerprint density at radius 1 is 1.28 bits per heavy atom. The highest BCUT2D eigenvalue weighted by molar-refractivity contribution is 5.70. The van der Waals surface area contributed by atoms with E-state index in [2.05, 4.69) is 0 Å². The van der Waals surface area contributed by atoms with Gasteiger partial charge in [0.1, 0.15) is 6.61 Å². The fraction of sp³-hybridized carbons (Fsp3) is 0.500. The van der Waals surface area contributed by atoms with Gasteiger partial charge in [0, 0.05) is 12.3 Å². The Morgan fingerprint density at radius 2 is 1.94 bits per heavy atom. The number of benzene rings is 1. The van der Waals surface area contributed by atoms with Gasteiger partial charge in [-0.3, -0.25) is 4.79 Å². The van der Waals surface area contributed by atoms with Gasteiger partial charge in [0.05, 0.1) is 13.0 Å². The maximum atomic E-state index is 11.6. The summed E-state index contributed by atoms with van der Waals surface area (Å²) in [5.41, 5.74) is 7.43. The summed E-state index contributed by atoms with van der Waals surface area (Å²) >= 11 is 0. The fourth-order valence-electron chi connectivity index (χ4n) is 1.61. The van der Waals surface area contributed by atoms with Crippen molar-refractivity contribution in [2.75, 3.05) is 25.6 Å². The minimum atomic E-state index is -0.195. The minimum absolute atomic E-state index is 0.130. The van der Waals surface area contributed by atoms with E-state index in [9.17, 15) is 4.79 Å². The van der Waals surface area contributed by atoms with E-state index in [1.165, 1.54) is 0 Å². The highest BCUT2D eigenvalue weighted by atomic mass is 16.6. The Balaban J connectivity index is 2.33. The predicted molar refractivity (Wildman–Crippen MR) is 71.3 cm³/mol. The number of carbonyl (C=O) groups is 1. The summed E-state index contributed by atoms with van der Waals surface area (Å²) in [5, 5.41) is 0. The molecular weight excluding hydrogens is 230 g/mol. The Hall–Kier alpha value is -1.55. The molecular formula is C14H21NO3. The molecule has 1 aromatic carbocycles. The van der Waals surface area contributed by atoms with Crippen LogP contribution in [-0.4, -0.2) is 25.8 Å². The smallest absolute Gasteiger partial charge is 0.306 e. The zero-order chi connectivity index (χ0) is 13.4. The number of rotatable bonds is 7. The number of ether oxygens (including phenoxy) is 2. The Kier molecular flexibility index (Phi) is 6.22. The first-order chi connectivity index (χ1) is 8.63. The highest BCUT2D eigenvalue weighted by Crippen LogP contribution is 2.20. The normalized spacial score (nSPS) is 12.1. The third-order valence-electron chi connectivity index (χ3n) is 2.67. The number of esters is 1. The summed E-state index contributed by atoms with van der Waals surface area (Å²) < 4.78 is 10.2. The second-order valence-corrected chi connectivity index (χ2v) is 4.19. The van der Waals surface area contributed by atoms with Crippen LogP contribution in [0.5, 0.6) is 0 Å². The quantitative estimate of drug-likeness (QED) is 0.459. The van der Waals surface area contributed by atoms with E-state index in [-0.39, 0.29) is 11.9 Å². The molecule has 0 aliphatic rings. The van der Waals surface area contributed by atoms with Gasteiger partial charge in [0.2, 0.25) is 0 Å². The van der Waals surface area contributed by atoms with Gasteiger partial charge in [-0.2, -0.15) is 0 Å². The molecule has 1 rings (SSSR count). The van der Waals surface area contributed by atoms with Crippen molar-refractivity contribution in [2.45, 2.75) is 26.2 Å². The van der Waals surface area contributed by atoms with E-state index in [1.807, 2.05) is 38.1 Å². The number of hydrogen-bond donors (Lipinski definition) is 1. The zero-order valence-electron chi connectivity index (χ0n) is 11.0. The van der Waals surface area contributed by atoms with Crippen LogP contribution in [0.4, 0.5) is 5.69 Å². The van der Waals surface area contributed by atoms with Gasteiger partial charge in [-0.05, 0) is 30.5 Å². The van der Waals surface area contributed by atoms with E-state index in [0.29, 0.717) is 26.2 Å². The average molecular weight is 251 g/mol. The first kappa shape index (κ1) is 14.5. The van der Waals surface area contributed by atoms with Crippen LogP contribution in [-0.2, 0) is 14.3 Å². The lowest BCUT2D eigenvalue weighted by Gasteiger charge is -2.11. The van der Waals surface area contributed by atoms with Crippen LogP contribution in [0, 0.1) is 0 Å². The molecule has 1 unspecified atom stereocenters. The van der Waals surface area contributed by atoms with Crippen LogP contribution in [0.1, 0.15) is 31.7 Å². The molecule has 0 saturated heterocycles. The van der Waals surface area contributed by atoms with E-state index in [4.69, 9.17) is 15.2 Å². The molecule has 0 bridgehead atoms. The van der Waals surface area contributed by atoms with Crippen molar-refractivity contribution in [3.8, 4) is 0 Å². The predicted octanol–water partition coefficient (Wildman–Crippen LogP) is 2.34. The summed E-state index contributed by atoms with van der Waals surface area (Å²) in [6.45, 7) is 5.32. The second-order valence-electron chi connectivity index (χ2n) is 4.19. The van der Waals surface area contributed by atoms with E-state index in [1.54, 1.807) is 0 Å². The van der Waals surface area contributed by atoms with Crippen LogP contribution in [0.25, 0.3) is 0 Å². The van der Waals surface area contributed by atoms with Gasteiger partial charge in [-0.15, -0.1) is 0 Å². The topological polar surface area (TPSA) is 61.5 Å². The first-order valence-electron chi connectivity index (χ1n) is 6.22. The molecule has 0 amide bonds. The molecule has 0 fully saturated rings. The fourth-order valence-corrected chi connectivity index (χ4v) is 1.61. The standard InChI is InChI=1S/C14H21NO3/c1-3-17-8-9-18-14(16)10-11(2)12-4-6-13(15)7-5-12/h4-7,11H,3,8-10,15H2,1-2H3. The lowest BCUT2D eigenvalue weighted by atomic mass is 9.98. The van der Waals surface area contributed by atoms with Gasteiger partial charge in [0.15, 0.2) is 0 Å². The molecule has 0 saturated carbocycles. The molecule has 1 atom stereocenters. The molecule has 100 valence electrons. The highest BCUT2D eigenvalue weighted by Gasteiger charge is 2.12. The van der Waals surface area contributed by atoms with Gasteiger partial charge >= 0.3 is 5.97 Å². The monoisotopic (exact) mass is 251 g/mol. The van der Waals surface area contributed by atoms with Crippen molar-refractivity contribution in [3.05, 3.63) is 29.8 Å². The largest absolute Gasteiger partial charge is 0.463 e. The molecule has 0 aliphatic heterocycles. The Morgan fingerprint density at radius 3 is 2.56 bits per heavy atom. The third-order valence-corrected chi connectivity index (χ3v) is 2.67. The number of hydrogen-bond acceptors (Lipinski definition) is 4. The van der Waals surface area contributed by atoms with Gasteiger partial charge in [0.25, 0.3) is 0 Å². The molecule has 0 radical (unpaired) electrons. The minimum Gasteiger partial charge on any atom is -0.463 e. The van der Waals surface area contributed by atoms with Crippen molar-refractivity contribution in [1.82, 2.24) is 0 Å². The Labute approximate surface area is 108 Å². The molecule has 18 heavy (non-hydrogen) atoms. The van der Waals surface area contributed by atoms with E-state index in [0.717, 1.165) is 11.3 Å². The molecule has 4 nitrogen and oxygen atoms in total. The van der Waals surface area contributed by atoms with Crippen molar-refractivity contribution < 1.29 is 14.3 Å². The van der Waals surface area contributed by atoms with Crippen LogP contribution in [0.15, 0.2) is 24.3 Å². The molecule has 1 aromatic rings. The number of carbonyl (C=O) groups excluding carboxylic acids is 1. The van der Waals surface area contributed by atoms with Crippen LogP contribution >= 0.6 is 0 Å². The third kappa shape index (κ3) is 5.19.